The van der Waals surface area contributed by atoms with E-state index in [1.807, 2.05) is 0 Å². The van der Waals surface area contributed by atoms with E-state index >= 15 is 8.78 Å². The fourth-order valence-electron chi connectivity index (χ4n) is 7.46. The van der Waals surface area contributed by atoms with Gasteiger partial charge in [-0.2, -0.15) is 4.31 Å². The van der Waals surface area contributed by atoms with Crippen LogP contribution in [0.3, 0.4) is 0 Å². The van der Waals surface area contributed by atoms with Gasteiger partial charge in [0.2, 0.25) is 10.0 Å². The third kappa shape index (κ3) is 5.08. The molecule has 5 atom stereocenters. The van der Waals surface area contributed by atoms with Crippen molar-refractivity contribution in [2.75, 3.05) is 13.7 Å². The third-order valence-electron chi connectivity index (χ3n) is 9.47. The van der Waals surface area contributed by atoms with Crippen LogP contribution in [0.1, 0.15) is 36.8 Å². The Bertz CT molecular complexity index is 1860. The van der Waals surface area contributed by atoms with Crippen LogP contribution in [0.15, 0.2) is 65.6 Å². The van der Waals surface area contributed by atoms with Crippen molar-refractivity contribution in [3.8, 4) is 11.5 Å². The summed E-state index contributed by atoms with van der Waals surface area (Å²) < 4.78 is 98.7. The highest BCUT2D eigenvalue weighted by Gasteiger charge is 2.65. The van der Waals surface area contributed by atoms with Crippen LogP contribution >= 0.6 is 11.6 Å². The van der Waals surface area contributed by atoms with Gasteiger partial charge in [0.1, 0.15) is 16.3 Å². The van der Waals surface area contributed by atoms with Crippen LogP contribution in [0, 0.1) is 23.5 Å². The summed E-state index contributed by atoms with van der Waals surface area (Å²) in [4.78, 5) is 11.7. The summed E-state index contributed by atoms with van der Waals surface area (Å²) in [7, 11) is -7.19. The van der Waals surface area contributed by atoms with Gasteiger partial charge in [-0.1, -0.05) is 23.7 Å². The molecule has 3 aromatic carbocycles. The van der Waals surface area contributed by atoms with E-state index in [4.69, 9.17) is 21.1 Å². The number of carbonyl (C=O) groups is 1. The molecule has 1 aliphatic carbocycles. The molecule has 0 amide bonds. The van der Waals surface area contributed by atoms with E-state index in [1.165, 1.54) is 35.7 Å². The van der Waals surface area contributed by atoms with E-state index in [-0.39, 0.29) is 42.3 Å². The maximum Gasteiger partial charge on any atom is 0.304 e. The quantitative estimate of drug-likeness (QED) is 0.362. The molecule has 0 bridgehead atoms. The van der Waals surface area contributed by atoms with Crippen molar-refractivity contribution in [1.29, 1.82) is 0 Å². The molecule has 3 aromatic rings. The van der Waals surface area contributed by atoms with Gasteiger partial charge in [0.25, 0.3) is 0 Å². The minimum absolute atomic E-state index is 0.0153. The summed E-state index contributed by atoms with van der Waals surface area (Å²) in [5, 5.41) is 8.58. The first-order chi connectivity index (χ1) is 21.3. The topological polar surface area (TPSA) is 127 Å². The van der Waals surface area contributed by atoms with Crippen molar-refractivity contribution in [2.45, 2.75) is 53.2 Å². The number of methoxy groups -OCH3 is 1. The Kier molecular flexibility index (Phi) is 8.12. The number of halogens is 3. The number of carboxylic acid groups (broad SMARTS) is 1. The largest absolute Gasteiger partial charge is 0.497 e. The second-order valence-corrected chi connectivity index (χ2v) is 16.5. The highest BCUT2D eigenvalue weighted by Crippen LogP contribution is 2.61. The second-order valence-electron chi connectivity index (χ2n) is 11.7. The van der Waals surface area contributed by atoms with Crippen LogP contribution in [0.4, 0.5) is 8.78 Å². The standard InChI is InChI=1S/C31H30ClF2NO8S2/c1-42-20-6-2-18(3-7-20)16-35-27-12-13-31(44(38,39)21-8-4-19(32)5-9-21)24(17-43-30-26(34)11-10-25(33)29(30)31)23(27)14-22(15-28(36)37)45(35,40)41/h2-11,22-24,27H,12-17H2,1H3,(H,36,37)/t22-,23+,24-,27-,31-/m0/s1. The van der Waals surface area contributed by atoms with Crippen molar-refractivity contribution in [3.05, 3.63) is 88.4 Å². The Hall–Kier alpha value is -3.26. The molecule has 240 valence electrons. The van der Waals surface area contributed by atoms with Crippen LogP contribution < -0.4 is 9.47 Å². The number of carboxylic acids is 1. The molecule has 14 heteroatoms. The molecule has 1 saturated heterocycles. The Morgan fingerprint density at radius 1 is 1.09 bits per heavy atom. The Morgan fingerprint density at radius 3 is 2.40 bits per heavy atom. The number of benzene rings is 3. The first-order valence-electron chi connectivity index (χ1n) is 14.3. The van der Waals surface area contributed by atoms with E-state index in [1.54, 1.807) is 24.3 Å². The summed E-state index contributed by atoms with van der Waals surface area (Å²) >= 11 is 6.04. The van der Waals surface area contributed by atoms with Gasteiger partial charge in [-0.3, -0.25) is 4.79 Å². The lowest BCUT2D eigenvalue weighted by atomic mass is 9.64. The Morgan fingerprint density at radius 2 is 1.76 bits per heavy atom. The monoisotopic (exact) mass is 681 g/mol. The smallest absolute Gasteiger partial charge is 0.304 e. The molecule has 1 N–H and O–H groups in total. The molecule has 3 aliphatic rings. The van der Waals surface area contributed by atoms with Crippen LogP contribution in [-0.4, -0.2) is 57.2 Å². The first-order valence-corrected chi connectivity index (χ1v) is 17.6. The van der Waals surface area contributed by atoms with Crippen LogP contribution in [0.2, 0.25) is 5.02 Å². The molecule has 45 heavy (non-hydrogen) atoms. The van der Waals surface area contributed by atoms with Gasteiger partial charge >= 0.3 is 5.97 Å². The van der Waals surface area contributed by atoms with Crippen molar-refractivity contribution in [1.82, 2.24) is 4.31 Å². The molecule has 2 fully saturated rings. The van der Waals surface area contributed by atoms with E-state index < -0.39 is 83.1 Å². The summed E-state index contributed by atoms with van der Waals surface area (Å²) in [6.45, 7) is -0.453. The summed E-state index contributed by atoms with van der Waals surface area (Å²) in [5.41, 5.74) is 0.176. The molecule has 2 heterocycles. The summed E-state index contributed by atoms with van der Waals surface area (Å²) in [5.74, 6) is -4.98. The molecule has 0 unspecified atom stereocenters. The van der Waals surface area contributed by atoms with Crippen molar-refractivity contribution in [3.63, 3.8) is 0 Å². The highest BCUT2D eigenvalue weighted by molar-refractivity contribution is 7.92. The van der Waals surface area contributed by atoms with E-state index in [0.29, 0.717) is 11.3 Å². The van der Waals surface area contributed by atoms with Crippen LogP contribution in [0.25, 0.3) is 0 Å². The number of aliphatic carboxylic acids is 1. The van der Waals surface area contributed by atoms with E-state index in [0.717, 1.165) is 12.1 Å². The number of ether oxygens (including phenoxy) is 2. The first kappa shape index (κ1) is 31.7. The minimum atomic E-state index is -4.50. The number of hydrogen-bond acceptors (Lipinski definition) is 7. The molecule has 0 spiro atoms. The van der Waals surface area contributed by atoms with Gasteiger partial charge in [-0.05, 0) is 79.3 Å². The third-order valence-corrected chi connectivity index (χ3v) is 14.5. The van der Waals surface area contributed by atoms with Crippen LogP contribution in [0.5, 0.6) is 11.5 Å². The van der Waals surface area contributed by atoms with Crippen molar-refractivity contribution >= 4 is 37.4 Å². The molecule has 0 radical (unpaired) electrons. The Balaban J connectivity index is 1.53. The fourth-order valence-corrected chi connectivity index (χ4v) is 12.2. The maximum absolute atomic E-state index is 15.9. The van der Waals surface area contributed by atoms with Crippen LogP contribution in [-0.2, 0) is 35.9 Å². The van der Waals surface area contributed by atoms with Gasteiger partial charge in [0.05, 0.1) is 35.8 Å². The Labute approximate surface area is 264 Å². The highest BCUT2D eigenvalue weighted by atomic mass is 35.5. The minimum Gasteiger partial charge on any atom is -0.497 e. The lowest BCUT2D eigenvalue weighted by molar-refractivity contribution is -0.137. The number of sulfone groups is 1. The van der Waals surface area contributed by atoms with Gasteiger partial charge in [-0.15, -0.1) is 0 Å². The molecule has 1 saturated carbocycles. The predicted molar refractivity (Wildman–Crippen MR) is 160 cm³/mol. The van der Waals surface area contributed by atoms with E-state index in [2.05, 4.69) is 0 Å². The predicted octanol–water partition coefficient (Wildman–Crippen LogP) is 5.16. The normalized spacial score (nSPS) is 27.4. The molecule has 0 aromatic heterocycles. The molecule has 6 rings (SSSR count). The SMILES string of the molecule is COc1ccc(CN2[C@H]3CC[C@@]4(S(=O)(=O)c5ccc(Cl)cc5)c5c(F)ccc(F)c5OC[C@H]4[C@H]3C[C@@H](CC(=O)O)S2(=O)=O)cc1. The lowest BCUT2D eigenvalue weighted by Crippen LogP contribution is -2.64. The number of fused-ring (bicyclic) bond motifs is 5. The average Bonchev–Trinajstić information content (AvgIpc) is 3.00. The zero-order chi connectivity index (χ0) is 32.3. The number of rotatable bonds is 7. The summed E-state index contributed by atoms with van der Waals surface area (Å²) in [6, 6.07) is 13.1. The number of hydrogen-bond donors (Lipinski definition) is 1. The van der Waals surface area contributed by atoms with Gasteiger partial charge in [0, 0.05) is 23.5 Å². The zero-order valence-corrected chi connectivity index (χ0v) is 26.4. The average molecular weight is 682 g/mol. The number of sulfonamides is 1. The van der Waals surface area contributed by atoms with Gasteiger partial charge in [0.15, 0.2) is 21.4 Å². The van der Waals surface area contributed by atoms with E-state index in [9.17, 15) is 26.7 Å². The van der Waals surface area contributed by atoms with Gasteiger partial charge in [-0.25, -0.2) is 25.6 Å². The molecular weight excluding hydrogens is 652 g/mol. The second kappa shape index (κ2) is 11.5. The summed E-state index contributed by atoms with van der Waals surface area (Å²) in [6.07, 6.45) is -1.16. The van der Waals surface area contributed by atoms with Gasteiger partial charge < -0.3 is 14.6 Å². The molecule has 2 aliphatic heterocycles. The lowest BCUT2D eigenvalue weighted by Gasteiger charge is -2.57. The molecular formula is C31H30ClF2NO8S2. The fraction of sp³-hybridized carbons (Fsp3) is 0.387. The number of nitrogens with zero attached hydrogens (tertiary/aromatic N) is 1. The zero-order valence-electron chi connectivity index (χ0n) is 24.0. The van der Waals surface area contributed by atoms with Crippen molar-refractivity contribution in [2.24, 2.45) is 11.8 Å². The van der Waals surface area contributed by atoms with Crippen molar-refractivity contribution < 1.29 is 45.0 Å². The molecule has 9 nitrogen and oxygen atoms in total. The maximum atomic E-state index is 15.9.